The predicted octanol–water partition coefficient (Wildman–Crippen LogP) is 2.11. The fraction of sp³-hybridized carbons (Fsp3) is 0.312. The Bertz CT molecular complexity index is 603. The van der Waals surface area contributed by atoms with Gasteiger partial charge < -0.3 is 15.2 Å². The molecule has 1 aromatic rings. The van der Waals surface area contributed by atoms with Gasteiger partial charge in [0.2, 0.25) is 0 Å². The molecule has 0 spiro atoms. The maximum absolute atomic E-state index is 11.8. The molecule has 0 aliphatic carbocycles. The van der Waals surface area contributed by atoms with Crippen LogP contribution in [0.2, 0.25) is 0 Å². The quantitative estimate of drug-likeness (QED) is 0.746. The van der Waals surface area contributed by atoms with Crippen molar-refractivity contribution in [3.05, 3.63) is 48.6 Å². The fourth-order valence-corrected chi connectivity index (χ4v) is 3.17. The summed E-state index contributed by atoms with van der Waals surface area (Å²) >= 11 is 1.35. The zero-order valence-electron chi connectivity index (χ0n) is 12.5. The van der Waals surface area contributed by atoms with Crippen LogP contribution in [-0.4, -0.2) is 46.7 Å². The highest BCUT2D eigenvalue weighted by atomic mass is 32.2. The first kappa shape index (κ1) is 17.1. The Morgan fingerprint density at radius 1 is 1.48 bits per heavy atom. The number of amides is 1. The molecule has 0 radical (unpaired) electrons. The zero-order valence-corrected chi connectivity index (χ0v) is 13.3. The summed E-state index contributed by atoms with van der Waals surface area (Å²) in [6, 6.07) is 8.44. The minimum atomic E-state index is -0.958. The van der Waals surface area contributed by atoms with Crippen molar-refractivity contribution in [1.29, 1.82) is 0 Å². The van der Waals surface area contributed by atoms with Crippen LogP contribution in [0, 0.1) is 0 Å². The van der Waals surface area contributed by atoms with Gasteiger partial charge in [-0.05, 0) is 12.0 Å². The number of ether oxygens (including phenoxy) is 1. The topological polar surface area (TPSA) is 88.0 Å². The van der Waals surface area contributed by atoms with Crippen molar-refractivity contribution in [3.8, 4) is 0 Å². The van der Waals surface area contributed by atoms with Gasteiger partial charge in [0.25, 0.3) is 0 Å². The van der Waals surface area contributed by atoms with Crippen LogP contribution in [0.25, 0.3) is 0 Å². The molecule has 1 aromatic carbocycles. The summed E-state index contributed by atoms with van der Waals surface area (Å²) in [7, 11) is 0. The van der Waals surface area contributed by atoms with Crippen molar-refractivity contribution in [3.63, 3.8) is 0 Å². The van der Waals surface area contributed by atoms with Gasteiger partial charge in [-0.3, -0.25) is 4.99 Å². The maximum atomic E-state index is 11.8. The van der Waals surface area contributed by atoms with Crippen molar-refractivity contribution in [2.75, 3.05) is 12.4 Å². The average Bonchev–Trinajstić information content (AvgIpc) is 3.03. The van der Waals surface area contributed by atoms with Crippen LogP contribution in [0.15, 0.2) is 48.0 Å². The molecule has 2 atom stereocenters. The first-order chi connectivity index (χ1) is 11.1. The Morgan fingerprint density at radius 2 is 2.22 bits per heavy atom. The van der Waals surface area contributed by atoms with E-state index in [0.717, 1.165) is 5.56 Å². The lowest BCUT2D eigenvalue weighted by Gasteiger charge is -2.18. The minimum absolute atomic E-state index is 0.112. The summed E-state index contributed by atoms with van der Waals surface area (Å²) < 4.78 is 4.94. The largest absolute Gasteiger partial charge is 0.480 e. The number of carbonyl (C=O) groups is 2. The molecule has 1 heterocycles. The van der Waals surface area contributed by atoms with Crippen molar-refractivity contribution >= 4 is 28.9 Å². The SMILES string of the molecule is C=CCOC(=O)N[C@@H](Cc1ccccc1)C1=N[C@H](C(=O)O)CS1. The van der Waals surface area contributed by atoms with E-state index < -0.39 is 24.1 Å². The molecule has 0 fully saturated rings. The monoisotopic (exact) mass is 334 g/mol. The number of benzene rings is 1. The summed E-state index contributed by atoms with van der Waals surface area (Å²) in [5, 5.41) is 12.4. The number of hydrogen-bond acceptors (Lipinski definition) is 5. The molecule has 122 valence electrons. The molecular formula is C16H18N2O4S. The Kier molecular flexibility index (Phi) is 6.22. The number of hydrogen-bond donors (Lipinski definition) is 2. The van der Waals surface area contributed by atoms with Gasteiger partial charge in [-0.25, -0.2) is 9.59 Å². The van der Waals surface area contributed by atoms with Crippen LogP contribution < -0.4 is 5.32 Å². The van der Waals surface area contributed by atoms with E-state index in [4.69, 9.17) is 9.84 Å². The van der Waals surface area contributed by atoms with E-state index in [9.17, 15) is 9.59 Å². The molecule has 0 unspecified atom stereocenters. The van der Waals surface area contributed by atoms with Gasteiger partial charge in [0.1, 0.15) is 6.61 Å². The van der Waals surface area contributed by atoms with Gasteiger partial charge >= 0.3 is 12.1 Å². The number of nitrogens with one attached hydrogen (secondary N) is 1. The van der Waals surface area contributed by atoms with Crippen LogP contribution in [-0.2, 0) is 16.0 Å². The van der Waals surface area contributed by atoms with E-state index in [1.54, 1.807) is 0 Å². The molecular weight excluding hydrogens is 316 g/mol. The van der Waals surface area contributed by atoms with Crippen LogP contribution in [0.1, 0.15) is 5.56 Å². The van der Waals surface area contributed by atoms with E-state index in [0.29, 0.717) is 17.2 Å². The number of aliphatic carboxylic acids is 1. The molecule has 7 heteroatoms. The van der Waals surface area contributed by atoms with Crippen LogP contribution in [0.5, 0.6) is 0 Å². The maximum Gasteiger partial charge on any atom is 0.408 e. The van der Waals surface area contributed by atoms with Gasteiger partial charge in [-0.15, -0.1) is 11.8 Å². The van der Waals surface area contributed by atoms with Gasteiger partial charge in [0, 0.05) is 5.75 Å². The van der Waals surface area contributed by atoms with Gasteiger partial charge in [0.15, 0.2) is 6.04 Å². The Balaban J connectivity index is 2.11. The Morgan fingerprint density at radius 3 is 2.83 bits per heavy atom. The van der Waals surface area contributed by atoms with Crippen molar-refractivity contribution in [1.82, 2.24) is 5.32 Å². The molecule has 23 heavy (non-hydrogen) atoms. The highest BCUT2D eigenvalue weighted by Crippen LogP contribution is 2.22. The zero-order chi connectivity index (χ0) is 16.7. The first-order valence-electron chi connectivity index (χ1n) is 7.11. The third-order valence-corrected chi connectivity index (χ3v) is 4.33. The lowest BCUT2D eigenvalue weighted by molar-refractivity contribution is -0.137. The molecule has 2 N–H and O–H groups in total. The second kappa shape index (κ2) is 8.38. The fourth-order valence-electron chi connectivity index (χ4n) is 2.08. The number of carboxylic acids is 1. The summed E-state index contributed by atoms with van der Waals surface area (Å²) in [5.41, 5.74) is 1.02. The first-order valence-corrected chi connectivity index (χ1v) is 8.10. The smallest absolute Gasteiger partial charge is 0.408 e. The van der Waals surface area contributed by atoms with E-state index in [1.807, 2.05) is 30.3 Å². The lowest BCUT2D eigenvalue weighted by Crippen LogP contribution is -2.41. The summed E-state index contributed by atoms with van der Waals surface area (Å²) in [6.45, 7) is 3.60. The van der Waals surface area contributed by atoms with Gasteiger partial charge in [-0.2, -0.15) is 0 Å². The number of alkyl carbamates (subject to hydrolysis) is 1. The number of thioether (sulfide) groups is 1. The summed E-state index contributed by atoms with van der Waals surface area (Å²) in [6.07, 6.45) is 1.42. The molecule has 0 saturated heterocycles. The van der Waals surface area contributed by atoms with Crippen molar-refractivity contribution < 1.29 is 19.4 Å². The molecule has 1 aliphatic heterocycles. The van der Waals surface area contributed by atoms with E-state index in [1.165, 1.54) is 17.8 Å². The second-order valence-electron chi connectivity index (χ2n) is 4.91. The summed E-state index contributed by atoms with van der Waals surface area (Å²) in [4.78, 5) is 27.1. The Labute approximate surface area is 138 Å². The predicted molar refractivity (Wildman–Crippen MR) is 89.9 cm³/mol. The van der Waals surface area contributed by atoms with E-state index >= 15 is 0 Å². The van der Waals surface area contributed by atoms with E-state index in [-0.39, 0.29) is 6.61 Å². The van der Waals surface area contributed by atoms with E-state index in [2.05, 4.69) is 16.9 Å². The van der Waals surface area contributed by atoms with Gasteiger partial charge in [0.05, 0.1) is 11.1 Å². The third-order valence-electron chi connectivity index (χ3n) is 3.16. The lowest BCUT2D eigenvalue weighted by atomic mass is 10.1. The standard InChI is InChI=1S/C16H18N2O4S/c1-2-8-22-16(21)18-12(9-11-6-4-3-5-7-11)14-17-13(10-23-14)15(19)20/h2-7,12-13H,1,8-10H2,(H,18,21)(H,19,20)/t12-,13-/m0/s1. The number of carbonyl (C=O) groups excluding carboxylic acids is 1. The highest BCUT2D eigenvalue weighted by molar-refractivity contribution is 8.14. The van der Waals surface area contributed by atoms with Crippen LogP contribution in [0.3, 0.4) is 0 Å². The summed E-state index contributed by atoms with van der Waals surface area (Å²) in [5.74, 6) is -0.584. The molecule has 0 aromatic heterocycles. The second-order valence-corrected chi connectivity index (χ2v) is 5.95. The number of carboxylic acid groups (broad SMARTS) is 1. The number of aliphatic imine (C=N–C) groups is 1. The van der Waals surface area contributed by atoms with Crippen LogP contribution in [0.4, 0.5) is 4.79 Å². The molecule has 0 bridgehead atoms. The Hall–Kier alpha value is -2.28. The average molecular weight is 334 g/mol. The third kappa shape index (κ3) is 5.14. The number of nitrogens with zero attached hydrogens (tertiary/aromatic N) is 1. The van der Waals surface area contributed by atoms with Crippen molar-refractivity contribution in [2.24, 2.45) is 4.99 Å². The normalized spacial score (nSPS) is 17.9. The highest BCUT2D eigenvalue weighted by Gasteiger charge is 2.30. The minimum Gasteiger partial charge on any atom is -0.480 e. The molecule has 1 aliphatic rings. The molecule has 6 nitrogen and oxygen atoms in total. The van der Waals surface area contributed by atoms with Gasteiger partial charge in [-0.1, -0.05) is 43.0 Å². The van der Waals surface area contributed by atoms with Crippen LogP contribution >= 0.6 is 11.8 Å². The number of rotatable bonds is 7. The molecule has 0 saturated carbocycles. The molecule has 1 amide bonds. The molecule has 2 rings (SSSR count). The van der Waals surface area contributed by atoms with Crippen molar-refractivity contribution in [2.45, 2.75) is 18.5 Å².